The SMILES string of the molecule is CC(C)(C)C(CO)NC(=O)Nc1cccc(Cl)c1. The Balaban J connectivity index is 2.61. The number of urea groups is 1. The maximum atomic E-state index is 11.8. The van der Waals surface area contributed by atoms with Gasteiger partial charge in [-0.3, -0.25) is 0 Å². The van der Waals surface area contributed by atoms with E-state index in [1.807, 2.05) is 20.8 Å². The fourth-order valence-electron chi connectivity index (χ4n) is 1.43. The van der Waals surface area contributed by atoms with Crippen LogP contribution in [0.3, 0.4) is 0 Å². The first kappa shape index (κ1) is 14.8. The van der Waals surface area contributed by atoms with Crippen LogP contribution in [-0.2, 0) is 0 Å². The van der Waals surface area contributed by atoms with Crippen molar-refractivity contribution in [1.29, 1.82) is 0 Å². The van der Waals surface area contributed by atoms with Crippen LogP contribution < -0.4 is 10.6 Å². The highest BCUT2D eigenvalue weighted by Crippen LogP contribution is 2.19. The van der Waals surface area contributed by atoms with Gasteiger partial charge in [-0.25, -0.2) is 4.79 Å². The normalized spacial score (nSPS) is 12.9. The number of hydrogen-bond donors (Lipinski definition) is 3. The van der Waals surface area contributed by atoms with Crippen molar-refractivity contribution < 1.29 is 9.90 Å². The van der Waals surface area contributed by atoms with Gasteiger partial charge in [0.2, 0.25) is 0 Å². The fourth-order valence-corrected chi connectivity index (χ4v) is 1.62. The summed E-state index contributed by atoms with van der Waals surface area (Å²) in [6.07, 6.45) is 0. The van der Waals surface area contributed by atoms with Crippen molar-refractivity contribution >= 4 is 23.3 Å². The third-order valence-electron chi connectivity index (χ3n) is 2.62. The number of benzene rings is 1. The standard InChI is InChI=1S/C13H19ClN2O2/c1-13(2,3)11(8-17)16-12(18)15-10-6-4-5-9(14)7-10/h4-7,11,17H,8H2,1-3H3,(H2,15,16,18). The fraction of sp³-hybridized carbons (Fsp3) is 0.462. The van der Waals surface area contributed by atoms with Crippen molar-refractivity contribution in [3.63, 3.8) is 0 Å². The van der Waals surface area contributed by atoms with E-state index < -0.39 is 0 Å². The molecule has 1 aromatic carbocycles. The third kappa shape index (κ3) is 4.55. The minimum Gasteiger partial charge on any atom is -0.394 e. The largest absolute Gasteiger partial charge is 0.394 e. The molecule has 0 aliphatic carbocycles. The summed E-state index contributed by atoms with van der Waals surface area (Å²) in [4.78, 5) is 11.8. The second-order valence-electron chi connectivity index (χ2n) is 5.21. The lowest BCUT2D eigenvalue weighted by atomic mass is 9.87. The van der Waals surface area contributed by atoms with Crippen molar-refractivity contribution in [2.24, 2.45) is 5.41 Å². The van der Waals surface area contributed by atoms with E-state index >= 15 is 0 Å². The molecule has 0 aromatic heterocycles. The predicted octanol–water partition coefficient (Wildman–Crippen LogP) is 2.87. The molecule has 0 fully saturated rings. The molecule has 5 heteroatoms. The average Bonchev–Trinajstić information content (AvgIpc) is 2.24. The van der Waals surface area contributed by atoms with E-state index in [0.29, 0.717) is 10.7 Å². The summed E-state index contributed by atoms with van der Waals surface area (Å²) in [5, 5.41) is 15.2. The number of aliphatic hydroxyl groups is 1. The van der Waals surface area contributed by atoms with E-state index in [2.05, 4.69) is 10.6 Å². The Hall–Kier alpha value is -1.26. The van der Waals surface area contributed by atoms with Crippen LogP contribution in [0.2, 0.25) is 5.02 Å². The van der Waals surface area contributed by atoms with Crippen molar-refractivity contribution in [3.05, 3.63) is 29.3 Å². The Bertz CT molecular complexity index is 416. The quantitative estimate of drug-likeness (QED) is 0.791. The number of amides is 2. The van der Waals surface area contributed by atoms with Gasteiger partial charge in [-0.15, -0.1) is 0 Å². The highest BCUT2D eigenvalue weighted by atomic mass is 35.5. The first-order chi connectivity index (χ1) is 8.32. The monoisotopic (exact) mass is 270 g/mol. The zero-order chi connectivity index (χ0) is 13.8. The number of nitrogens with one attached hydrogen (secondary N) is 2. The van der Waals surface area contributed by atoms with Gasteiger partial charge in [0.25, 0.3) is 0 Å². The Morgan fingerprint density at radius 2 is 2.11 bits per heavy atom. The highest BCUT2D eigenvalue weighted by molar-refractivity contribution is 6.30. The van der Waals surface area contributed by atoms with Crippen molar-refractivity contribution in [2.75, 3.05) is 11.9 Å². The number of hydrogen-bond acceptors (Lipinski definition) is 2. The van der Waals surface area contributed by atoms with Gasteiger partial charge in [0.15, 0.2) is 0 Å². The smallest absolute Gasteiger partial charge is 0.319 e. The molecule has 0 spiro atoms. The van der Waals surface area contributed by atoms with Crippen LogP contribution in [0.15, 0.2) is 24.3 Å². The van der Waals surface area contributed by atoms with Gasteiger partial charge in [0.1, 0.15) is 0 Å². The predicted molar refractivity (Wildman–Crippen MR) is 73.9 cm³/mol. The first-order valence-corrected chi connectivity index (χ1v) is 6.14. The van der Waals surface area contributed by atoms with E-state index in [-0.39, 0.29) is 24.1 Å². The van der Waals surface area contributed by atoms with Crippen LogP contribution in [0.25, 0.3) is 0 Å². The molecule has 4 nitrogen and oxygen atoms in total. The minimum atomic E-state index is -0.355. The van der Waals surface area contributed by atoms with E-state index in [4.69, 9.17) is 11.6 Å². The minimum absolute atomic E-state index is 0.105. The van der Waals surface area contributed by atoms with E-state index in [9.17, 15) is 9.90 Å². The number of anilines is 1. The summed E-state index contributed by atoms with van der Waals surface area (Å²) in [5.74, 6) is 0. The van der Waals surface area contributed by atoms with Crippen LogP contribution in [0.4, 0.5) is 10.5 Å². The van der Waals surface area contributed by atoms with E-state index in [0.717, 1.165) is 0 Å². The Labute approximate surface area is 112 Å². The highest BCUT2D eigenvalue weighted by Gasteiger charge is 2.25. The van der Waals surface area contributed by atoms with Crippen LogP contribution in [-0.4, -0.2) is 23.8 Å². The van der Waals surface area contributed by atoms with Gasteiger partial charge in [0, 0.05) is 10.7 Å². The molecule has 1 atom stereocenters. The molecule has 0 aliphatic heterocycles. The van der Waals surface area contributed by atoms with Gasteiger partial charge < -0.3 is 15.7 Å². The van der Waals surface area contributed by atoms with Gasteiger partial charge in [-0.05, 0) is 23.6 Å². The molecular formula is C13H19ClN2O2. The molecule has 0 radical (unpaired) electrons. The van der Waals surface area contributed by atoms with Crippen LogP contribution >= 0.6 is 11.6 Å². The molecule has 3 N–H and O–H groups in total. The molecule has 2 amide bonds. The van der Waals surface area contributed by atoms with Gasteiger partial charge >= 0.3 is 6.03 Å². The molecule has 0 bridgehead atoms. The topological polar surface area (TPSA) is 61.4 Å². The third-order valence-corrected chi connectivity index (χ3v) is 2.85. The van der Waals surface area contributed by atoms with Crippen molar-refractivity contribution in [1.82, 2.24) is 5.32 Å². The van der Waals surface area contributed by atoms with Gasteiger partial charge in [-0.2, -0.15) is 0 Å². The maximum Gasteiger partial charge on any atom is 0.319 e. The summed E-state index contributed by atoms with van der Waals surface area (Å²) >= 11 is 5.82. The second kappa shape index (κ2) is 6.07. The zero-order valence-corrected chi connectivity index (χ0v) is 11.6. The van der Waals surface area contributed by atoms with Gasteiger partial charge in [0.05, 0.1) is 12.6 Å². The second-order valence-corrected chi connectivity index (χ2v) is 5.65. The number of aliphatic hydroxyl groups excluding tert-OH is 1. The Morgan fingerprint density at radius 1 is 1.44 bits per heavy atom. The van der Waals surface area contributed by atoms with Crippen LogP contribution in [0.5, 0.6) is 0 Å². The Kier molecular flexibility index (Phi) is 4.99. The Morgan fingerprint density at radius 3 is 2.61 bits per heavy atom. The molecule has 0 saturated heterocycles. The number of halogens is 1. The van der Waals surface area contributed by atoms with E-state index in [1.54, 1.807) is 24.3 Å². The van der Waals surface area contributed by atoms with Crippen molar-refractivity contribution in [2.45, 2.75) is 26.8 Å². The lowest BCUT2D eigenvalue weighted by Crippen LogP contribution is -2.47. The van der Waals surface area contributed by atoms with Crippen LogP contribution in [0.1, 0.15) is 20.8 Å². The molecular weight excluding hydrogens is 252 g/mol. The summed E-state index contributed by atoms with van der Waals surface area (Å²) in [6.45, 7) is 5.75. The van der Waals surface area contributed by atoms with Crippen LogP contribution in [0, 0.1) is 5.41 Å². The molecule has 100 valence electrons. The maximum absolute atomic E-state index is 11.8. The van der Waals surface area contributed by atoms with Crippen molar-refractivity contribution in [3.8, 4) is 0 Å². The molecule has 0 heterocycles. The number of carbonyl (C=O) groups excluding carboxylic acids is 1. The number of carbonyl (C=O) groups is 1. The van der Waals surface area contributed by atoms with E-state index in [1.165, 1.54) is 0 Å². The summed E-state index contributed by atoms with van der Waals surface area (Å²) in [7, 11) is 0. The molecule has 1 rings (SSSR count). The number of rotatable bonds is 3. The first-order valence-electron chi connectivity index (χ1n) is 5.77. The summed E-state index contributed by atoms with van der Waals surface area (Å²) < 4.78 is 0. The molecule has 0 aliphatic rings. The average molecular weight is 271 g/mol. The lowest BCUT2D eigenvalue weighted by Gasteiger charge is -2.29. The van der Waals surface area contributed by atoms with Gasteiger partial charge in [-0.1, -0.05) is 38.4 Å². The molecule has 1 aromatic rings. The lowest BCUT2D eigenvalue weighted by molar-refractivity contribution is 0.162. The zero-order valence-electron chi connectivity index (χ0n) is 10.8. The molecule has 1 unspecified atom stereocenters. The summed E-state index contributed by atoms with van der Waals surface area (Å²) in [5.41, 5.74) is 0.408. The molecule has 0 saturated carbocycles. The summed E-state index contributed by atoms with van der Waals surface area (Å²) in [6, 6.07) is 6.23. The molecule has 18 heavy (non-hydrogen) atoms.